The van der Waals surface area contributed by atoms with E-state index in [1.54, 1.807) is 13.3 Å². The van der Waals surface area contributed by atoms with E-state index in [-0.39, 0.29) is 0 Å². The predicted octanol–water partition coefficient (Wildman–Crippen LogP) is 2.95. The summed E-state index contributed by atoms with van der Waals surface area (Å²) in [7, 11) is 1.60. The van der Waals surface area contributed by atoms with Crippen molar-refractivity contribution in [2.24, 2.45) is 5.10 Å². The number of rotatable bonds is 11. The molecule has 0 saturated heterocycles. The van der Waals surface area contributed by atoms with Gasteiger partial charge < -0.3 is 18.9 Å². The summed E-state index contributed by atoms with van der Waals surface area (Å²) >= 11 is 0. The molecule has 0 aliphatic carbocycles. The molecular weight excluding hydrogens is 372 g/mol. The van der Waals surface area contributed by atoms with E-state index in [0.29, 0.717) is 37.9 Å². The van der Waals surface area contributed by atoms with Gasteiger partial charge in [-0.05, 0) is 42.8 Å². The Hall–Kier alpha value is -3.39. The van der Waals surface area contributed by atoms with Crippen molar-refractivity contribution in [3.63, 3.8) is 0 Å². The van der Waals surface area contributed by atoms with Crippen LogP contribution in [0.15, 0.2) is 60.2 Å². The van der Waals surface area contributed by atoms with Gasteiger partial charge in [0.25, 0.3) is 0 Å². The van der Waals surface area contributed by atoms with E-state index in [2.05, 4.69) is 15.3 Å². The van der Waals surface area contributed by atoms with Gasteiger partial charge in [0.05, 0.1) is 26.5 Å². The van der Waals surface area contributed by atoms with E-state index in [4.69, 9.17) is 18.9 Å². The fraction of sp³-hybridized carbons (Fsp3) is 0.286. The lowest BCUT2D eigenvalue weighted by Gasteiger charge is -2.12. The minimum Gasteiger partial charge on any atom is -0.493 e. The maximum Gasteiger partial charge on any atom is 0.161 e. The average molecular weight is 396 g/mol. The zero-order valence-electron chi connectivity index (χ0n) is 16.5. The zero-order chi connectivity index (χ0) is 20.3. The van der Waals surface area contributed by atoms with Crippen LogP contribution in [0.3, 0.4) is 0 Å². The minimum atomic E-state index is 0.412. The number of aromatic nitrogens is 3. The molecule has 2 aromatic carbocycles. The van der Waals surface area contributed by atoms with Crippen molar-refractivity contribution in [1.29, 1.82) is 0 Å². The number of hydrogen-bond acceptors (Lipinski definition) is 7. The highest BCUT2D eigenvalue weighted by molar-refractivity contribution is 5.80. The third kappa shape index (κ3) is 6.62. The Morgan fingerprint density at radius 1 is 0.897 bits per heavy atom. The highest BCUT2D eigenvalue weighted by Crippen LogP contribution is 2.27. The second-order valence-corrected chi connectivity index (χ2v) is 6.12. The fourth-order valence-electron chi connectivity index (χ4n) is 2.44. The summed E-state index contributed by atoms with van der Waals surface area (Å²) in [5, 5.41) is 11.6. The Kier molecular flexibility index (Phi) is 7.59. The summed E-state index contributed by atoms with van der Waals surface area (Å²) in [4.78, 5) is 0. The van der Waals surface area contributed by atoms with Gasteiger partial charge in [-0.2, -0.15) is 5.10 Å². The number of aryl methyl sites for hydroxylation is 1. The molecule has 1 heterocycles. The van der Waals surface area contributed by atoms with Crippen molar-refractivity contribution in [2.45, 2.75) is 6.92 Å². The second kappa shape index (κ2) is 10.8. The Labute approximate surface area is 169 Å². The molecule has 0 fully saturated rings. The maximum atomic E-state index is 5.75. The average Bonchev–Trinajstić information content (AvgIpc) is 3.27. The third-order valence-corrected chi connectivity index (χ3v) is 3.94. The first-order chi connectivity index (χ1) is 14.2. The summed E-state index contributed by atoms with van der Waals surface area (Å²) in [6.45, 7) is 3.90. The summed E-state index contributed by atoms with van der Waals surface area (Å²) in [5.41, 5.74) is 2.07. The highest BCUT2D eigenvalue weighted by atomic mass is 16.6. The number of benzene rings is 2. The first-order valence-corrected chi connectivity index (χ1v) is 9.21. The molecule has 0 unspecified atom stereocenters. The Morgan fingerprint density at radius 2 is 1.62 bits per heavy atom. The largest absolute Gasteiger partial charge is 0.493 e. The fourth-order valence-corrected chi connectivity index (χ4v) is 2.44. The van der Waals surface area contributed by atoms with Crippen molar-refractivity contribution in [3.8, 4) is 17.2 Å². The lowest BCUT2D eigenvalue weighted by molar-refractivity contribution is 0.0757. The maximum absolute atomic E-state index is 5.75. The molecule has 0 N–H and O–H groups in total. The van der Waals surface area contributed by atoms with E-state index in [1.807, 2.05) is 49.4 Å². The molecule has 0 bridgehead atoms. The van der Waals surface area contributed by atoms with Crippen molar-refractivity contribution in [3.05, 3.63) is 66.2 Å². The molecule has 0 radical (unpaired) electrons. The van der Waals surface area contributed by atoms with Gasteiger partial charge in [-0.3, -0.25) is 0 Å². The van der Waals surface area contributed by atoms with Gasteiger partial charge in [0.15, 0.2) is 11.5 Å². The molecule has 3 aromatic rings. The molecule has 29 heavy (non-hydrogen) atoms. The number of ether oxygens (including phenoxy) is 4. The molecule has 0 spiro atoms. The van der Waals surface area contributed by atoms with E-state index < -0.39 is 0 Å². The predicted molar refractivity (Wildman–Crippen MR) is 109 cm³/mol. The molecule has 0 atom stereocenters. The Morgan fingerprint density at radius 3 is 2.34 bits per heavy atom. The Balaban J connectivity index is 1.38. The van der Waals surface area contributed by atoms with E-state index in [9.17, 15) is 0 Å². The number of nitrogens with zero attached hydrogens (tertiary/aromatic N) is 4. The van der Waals surface area contributed by atoms with Crippen LogP contribution in [-0.2, 0) is 4.74 Å². The summed E-state index contributed by atoms with van der Waals surface area (Å²) in [5.74, 6) is 2.11. The van der Waals surface area contributed by atoms with Crippen LogP contribution < -0.4 is 14.2 Å². The molecule has 152 valence electrons. The molecular formula is C21H24N4O4. The van der Waals surface area contributed by atoms with E-state index >= 15 is 0 Å². The molecule has 8 heteroatoms. The molecule has 0 aliphatic heterocycles. The van der Waals surface area contributed by atoms with Crippen LogP contribution in [0.4, 0.5) is 0 Å². The van der Waals surface area contributed by atoms with Gasteiger partial charge >= 0.3 is 0 Å². The van der Waals surface area contributed by atoms with Crippen molar-refractivity contribution in [2.75, 3.05) is 33.5 Å². The van der Waals surface area contributed by atoms with Gasteiger partial charge in [0.1, 0.15) is 31.6 Å². The van der Waals surface area contributed by atoms with Gasteiger partial charge in [0.2, 0.25) is 0 Å². The molecule has 8 nitrogen and oxygen atoms in total. The van der Waals surface area contributed by atoms with Crippen LogP contribution in [0.25, 0.3) is 0 Å². The summed E-state index contributed by atoms with van der Waals surface area (Å²) < 4.78 is 23.8. The normalized spacial score (nSPS) is 11.0. The zero-order valence-corrected chi connectivity index (χ0v) is 16.5. The van der Waals surface area contributed by atoms with Crippen LogP contribution in [0.2, 0.25) is 0 Å². The van der Waals surface area contributed by atoms with Gasteiger partial charge in [0, 0.05) is 0 Å². The van der Waals surface area contributed by atoms with Crippen LogP contribution in [-0.4, -0.2) is 54.6 Å². The SMILES string of the molecule is COc1cc(/C=N/n2cnnc2)ccc1OCCOCCOc1ccc(C)cc1. The highest BCUT2D eigenvalue weighted by Gasteiger charge is 2.05. The van der Waals surface area contributed by atoms with Crippen LogP contribution in [0.1, 0.15) is 11.1 Å². The van der Waals surface area contributed by atoms with Crippen LogP contribution in [0.5, 0.6) is 17.2 Å². The summed E-state index contributed by atoms with van der Waals surface area (Å²) in [6.07, 6.45) is 4.71. The minimum absolute atomic E-state index is 0.412. The monoisotopic (exact) mass is 396 g/mol. The van der Waals surface area contributed by atoms with Crippen molar-refractivity contribution < 1.29 is 18.9 Å². The topological polar surface area (TPSA) is 80.0 Å². The van der Waals surface area contributed by atoms with Crippen LogP contribution in [0, 0.1) is 6.92 Å². The smallest absolute Gasteiger partial charge is 0.161 e. The molecule has 0 saturated carbocycles. The molecule has 0 aliphatic rings. The van der Waals surface area contributed by atoms with Gasteiger partial charge in [-0.1, -0.05) is 17.7 Å². The van der Waals surface area contributed by atoms with E-state index in [1.165, 1.54) is 22.9 Å². The number of methoxy groups -OCH3 is 1. The molecule has 3 rings (SSSR count). The molecule has 0 amide bonds. The summed E-state index contributed by atoms with van der Waals surface area (Å²) in [6, 6.07) is 13.5. The lowest BCUT2D eigenvalue weighted by Crippen LogP contribution is -2.12. The van der Waals surface area contributed by atoms with Gasteiger partial charge in [-0.25, -0.2) is 4.68 Å². The number of hydrogen-bond donors (Lipinski definition) is 0. The quantitative estimate of drug-likeness (QED) is 0.366. The molecule has 1 aromatic heterocycles. The first-order valence-electron chi connectivity index (χ1n) is 9.21. The van der Waals surface area contributed by atoms with Gasteiger partial charge in [-0.15, -0.1) is 10.2 Å². The third-order valence-electron chi connectivity index (χ3n) is 3.94. The lowest BCUT2D eigenvalue weighted by atomic mass is 10.2. The second-order valence-electron chi connectivity index (χ2n) is 6.12. The standard InChI is InChI=1S/C21H24N4O4/c1-17-3-6-19(7-4-17)28-11-9-27-10-12-29-20-8-5-18(13-21(20)26-2)14-24-25-15-22-23-16-25/h3-8,13-16H,9-12H2,1-2H3/b24-14+. The van der Waals surface area contributed by atoms with Crippen LogP contribution >= 0.6 is 0 Å². The first kappa shape index (κ1) is 20.3. The van der Waals surface area contributed by atoms with Crippen molar-refractivity contribution >= 4 is 6.21 Å². The van der Waals surface area contributed by atoms with E-state index in [0.717, 1.165) is 11.3 Å². The Bertz CT molecular complexity index is 896. The van der Waals surface area contributed by atoms with Crippen molar-refractivity contribution in [1.82, 2.24) is 14.9 Å².